The van der Waals surface area contributed by atoms with Gasteiger partial charge in [0.15, 0.2) is 5.65 Å². The molecule has 0 bridgehead atoms. The first-order chi connectivity index (χ1) is 17.5. The molecule has 6 rings (SSSR count). The molecule has 9 heteroatoms. The van der Waals surface area contributed by atoms with E-state index < -0.39 is 10.0 Å². The van der Waals surface area contributed by atoms with Gasteiger partial charge < -0.3 is 4.57 Å². The van der Waals surface area contributed by atoms with E-state index in [-0.39, 0.29) is 22.1 Å². The van der Waals surface area contributed by atoms with Crippen LogP contribution in [-0.2, 0) is 16.6 Å². The Hall–Kier alpha value is -3.82. The molecule has 0 spiro atoms. The summed E-state index contributed by atoms with van der Waals surface area (Å²) in [6, 6.07) is 20.2. The Balaban J connectivity index is 1.45. The SMILES string of the molecule is O=c1cnc2cnc3c(ccn3S(=O)(=O)c3ccccc3)c2n1C1CCCN(Cc2ccccc2)C1. The highest BCUT2D eigenvalue weighted by atomic mass is 32.2. The number of aromatic nitrogens is 4. The molecule has 8 nitrogen and oxygen atoms in total. The number of hydrogen-bond donors (Lipinski definition) is 0. The maximum Gasteiger partial charge on any atom is 0.269 e. The van der Waals surface area contributed by atoms with Gasteiger partial charge in [-0.25, -0.2) is 22.4 Å². The smallest absolute Gasteiger partial charge is 0.269 e. The Morgan fingerprint density at radius 3 is 2.44 bits per heavy atom. The van der Waals surface area contributed by atoms with Gasteiger partial charge in [0.05, 0.1) is 28.8 Å². The molecule has 0 amide bonds. The summed E-state index contributed by atoms with van der Waals surface area (Å²) in [6.45, 7) is 2.50. The molecule has 2 aromatic carbocycles. The van der Waals surface area contributed by atoms with Gasteiger partial charge in [0, 0.05) is 24.7 Å². The van der Waals surface area contributed by atoms with Gasteiger partial charge in [-0.3, -0.25) is 9.69 Å². The molecular formula is C27H25N5O3S. The summed E-state index contributed by atoms with van der Waals surface area (Å²) >= 11 is 0. The van der Waals surface area contributed by atoms with Crippen LogP contribution in [0.5, 0.6) is 0 Å². The Labute approximate surface area is 208 Å². The van der Waals surface area contributed by atoms with Gasteiger partial charge in [-0.2, -0.15) is 0 Å². The lowest BCUT2D eigenvalue weighted by Gasteiger charge is -2.34. The average Bonchev–Trinajstić information content (AvgIpc) is 3.35. The van der Waals surface area contributed by atoms with Crippen LogP contribution < -0.4 is 5.56 Å². The van der Waals surface area contributed by atoms with Crippen LogP contribution in [0.3, 0.4) is 0 Å². The molecule has 1 aliphatic heterocycles. The maximum atomic E-state index is 13.3. The summed E-state index contributed by atoms with van der Waals surface area (Å²) in [7, 11) is -3.84. The number of nitrogens with zero attached hydrogens (tertiary/aromatic N) is 5. The lowest BCUT2D eigenvalue weighted by atomic mass is 10.0. The number of fused-ring (bicyclic) bond motifs is 3. The van der Waals surface area contributed by atoms with Gasteiger partial charge in [-0.1, -0.05) is 48.5 Å². The topological polar surface area (TPSA) is 90.1 Å². The van der Waals surface area contributed by atoms with E-state index in [0.717, 1.165) is 32.5 Å². The van der Waals surface area contributed by atoms with Crippen molar-refractivity contribution in [2.24, 2.45) is 0 Å². The number of rotatable bonds is 5. The summed E-state index contributed by atoms with van der Waals surface area (Å²) in [4.78, 5) is 24.5. The lowest BCUT2D eigenvalue weighted by molar-refractivity contribution is 0.170. The molecule has 182 valence electrons. The fraction of sp³-hybridized carbons (Fsp3) is 0.222. The molecule has 0 radical (unpaired) electrons. The van der Waals surface area contributed by atoms with Crippen LogP contribution in [0.4, 0.5) is 0 Å². The predicted octanol–water partition coefficient (Wildman–Crippen LogP) is 3.82. The summed E-state index contributed by atoms with van der Waals surface area (Å²) in [5, 5.41) is 0.595. The minimum absolute atomic E-state index is 0.0554. The highest BCUT2D eigenvalue weighted by Crippen LogP contribution is 2.30. The van der Waals surface area contributed by atoms with Gasteiger partial charge in [0.2, 0.25) is 0 Å². The Bertz CT molecular complexity index is 1710. The minimum atomic E-state index is -3.84. The van der Waals surface area contributed by atoms with E-state index in [1.54, 1.807) is 47.2 Å². The zero-order chi connectivity index (χ0) is 24.7. The van der Waals surface area contributed by atoms with Crippen LogP contribution in [0, 0.1) is 0 Å². The van der Waals surface area contributed by atoms with Crippen molar-refractivity contribution in [3.8, 4) is 0 Å². The zero-order valence-electron chi connectivity index (χ0n) is 19.6. The summed E-state index contributed by atoms with van der Waals surface area (Å²) in [6.07, 6.45) is 6.21. The largest absolute Gasteiger partial charge is 0.300 e. The molecule has 5 aromatic rings. The van der Waals surface area contributed by atoms with E-state index in [1.165, 1.54) is 21.9 Å². The van der Waals surface area contributed by atoms with Gasteiger partial charge in [-0.05, 0) is 43.1 Å². The van der Waals surface area contributed by atoms with E-state index in [1.807, 2.05) is 18.2 Å². The highest BCUT2D eigenvalue weighted by molar-refractivity contribution is 7.90. The minimum Gasteiger partial charge on any atom is -0.300 e. The second-order valence-electron chi connectivity index (χ2n) is 9.14. The molecule has 1 aliphatic rings. The average molecular weight is 500 g/mol. The van der Waals surface area contributed by atoms with Crippen molar-refractivity contribution in [2.75, 3.05) is 13.1 Å². The van der Waals surface area contributed by atoms with Gasteiger partial charge in [0.1, 0.15) is 5.52 Å². The third-order valence-electron chi connectivity index (χ3n) is 6.82. The molecule has 4 heterocycles. The molecule has 1 fully saturated rings. The highest BCUT2D eigenvalue weighted by Gasteiger charge is 2.26. The van der Waals surface area contributed by atoms with Crippen LogP contribution in [0.15, 0.2) is 95.0 Å². The Morgan fingerprint density at radius 2 is 1.67 bits per heavy atom. The van der Waals surface area contributed by atoms with Crippen molar-refractivity contribution in [3.63, 3.8) is 0 Å². The molecule has 0 N–H and O–H groups in total. The molecular weight excluding hydrogens is 474 g/mol. The lowest BCUT2D eigenvalue weighted by Crippen LogP contribution is -2.39. The number of piperidine rings is 1. The van der Waals surface area contributed by atoms with Crippen molar-refractivity contribution >= 4 is 32.1 Å². The third-order valence-corrected chi connectivity index (χ3v) is 8.50. The second-order valence-corrected chi connectivity index (χ2v) is 11.0. The van der Waals surface area contributed by atoms with E-state index in [0.29, 0.717) is 16.4 Å². The molecule has 0 saturated carbocycles. The standard InChI is InChI=1S/C27H25N5O3S/c33-25-17-28-24-16-29-27-23(13-15-31(27)36(34,35)22-11-5-2-6-12-22)26(24)32(25)21-10-7-14-30(19-21)18-20-8-3-1-4-9-20/h1-6,8-9,11-13,15-17,21H,7,10,14,18-19H2. The first-order valence-electron chi connectivity index (χ1n) is 12.0. The first-order valence-corrected chi connectivity index (χ1v) is 13.4. The summed E-state index contributed by atoms with van der Waals surface area (Å²) in [5.41, 5.74) is 2.52. The Morgan fingerprint density at radius 1 is 0.917 bits per heavy atom. The third kappa shape index (κ3) is 3.90. The van der Waals surface area contributed by atoms with Crippen molar-refractivity contribution in [3.05, 3.63) is 101 Å². The molecule has 1 atom stereocenters. The van der Waals surface area contributed by atoms with Crippen molar-refractivity contribution in [2.45, 2.75) is 30.3 Å². The predicted molar refractivity (Wildman–Crippen MR) is 138 cm³/mol. The summed E-state index contributed by atoms with van der Waals surface area (Å²) < 4.78 is 29.7. The van der Waals surface area contributed by atoms with E-state index >= 15 is 0 Å². The Kier molecular flexibility index (Phi) is 5.66. The molecule has 1 unspecified atom stereocenters. The van der Waals surface area contributed by atoms with Crippen molar-refractivity contribution in [1.29, 1.82) is 0 Å². The first kappa shape index (κ1) is 22.6. The normalized spacial score (nSPS) is 17.1. The van der Waals surface area contributed by atoms with Crippen molar-refractivity contribution < 1.29 is 8.42 Å². The quantitative estimate of drug-likeness (QED) is 0.365. The van der Waals surface area contributed by atoms with Crippen LogP contribution in [0.25, 0.3) is 22.1 Å². The second kappa shape index (κ2) is 9.00. The fourth-order valence-electron chi connectivity index (χ4n) is 5.17. The maximum absolute atomic E-state index is 13.3. The number of benzene rings is 2. The summed E-state index contributed by atoms with van der Waals surface area (Å²) in [5.74, 6) is 0. The van der Waals surface area contributed by atoms with E-state index in [9.17, 15) is 13.2 Å². The zero-order valence-corrected chi connectivity index (χ0v) is 20.4. The number of likely N-dealkylation sites (tertiary alicyclic amines) is 1. The van der Waals surface area contributed by atoms with Crippen molar-refractivity contribution in [1.82, 2.24) is 23.4 Å². The van der Waals surface area contributed by atoms with Gasteiger partial charge >= 0.3 is 0 Å². The van der Waals surface area contributed by atoms with E-state index in [4.69, 9.17) is 0 Å². The molecule has 1 saturated heterocycles. The van der Waals surface area contributed by atoms with Gasteiger partial charge in [-0.15, -0.1) is 0 Å². The van der Waals surface area contributed by atoms with Crippen LogP contribution in [0.2, 0.25) is 0 Å². The molecule has 0 aliphatic carbocycles. The monoisotopic (exact) mass is 499 g/mol. The fourth-order valence-corrected chi connectivity index (χ4v) is 6.50. The number of pyridine rings is 1. The van der Waals surface area contributed by atoms with Crippen LogP contribution in [0.1, 0.15) is 24.4 Å². The molecule has 3 aromatic heterocycles. The number of hydrogen-bond acceptors (Lipinski definition) is 6. The van der Waals surface area contributed by atoms with Crippen LogP contribution >= 0.6 is 0 Å². The van der Waals surface area contributed by atoms with E-state index in [2.05, 4.69) is 27.0 Å². The van der Waals surface area contributed by atoms with Crippen LogP contribution in [-0.4, -0.2) is 44.9 Å². The van der Waals surface area contributed by atoms with Gasteiger partial charge in [0.25, 0.3) is 15.6 Å². The molecule has 36 heavy (non-hydrogen) atoms.